The Labute approximate surface area is 77.1 Å². The number of H-pyrrole nitrogens is 2. The smallest absolute Gasteiger partial charge is 0.278 e. The number of nitrogens with zero attached hydrogens (tertiary/aromatic N) is 2. The van der Waals surface area contributed by atoms with E-state index in [-0.39, 0.29) is 28.6 Å². The molecule has 0 spiro atoms. The van der Waals surface area contributed by atoms with Gasteiger partial charge in [-0.15, -0.1) is 0 Å². The van der Waals surface area contributed by atoms with Gasteiger partial charge in [-0.3, -0.25) is 9.78 Å². The second-order valence-electron chi connectivity index (χ2n) is 2.05. The summed E-state index contributed by atoms with van der Waals surface area (Å²) in [7, 11) is 0. The third-order valence-corrected chi connectivity index (χ3v) is 1.31. The molecule has 0 saturated carbocycles. The van der Waals surface area contributed by atoms with Crippen molar-refractivity contribution >= 4 is 17.1 Å². The van der Waals surface area contributed by atoms with E-state index in [4.69, 9.17) is 5.73 Å². The second kappa shape index (κ2) is 2.96. The number of fused-ring (bicyclic) bond motifs is 1. The summed E-state index contributed by atoms with van der Waals surface area (Å²) in [6, 6.07) is 0. The Balaban J connectivity index is 0.000000720. The molecule has 7 heteroatoms. The van der Waals surface area contributed by atoms with Crippen LogP contribution >= 0.6 is 0 Å². The molecule has 2 aromatic rings. The molecule has 0 aliphatic rings. The molecule has 4 N–H and O–H groups in total. The van der Waals surface area contributed by atoms with Crippen molar-refractivity contribution in [2.45, 2.75) is 0 Å². The Morgan fingerprint density at radius 1 is 1.50 bits per heavy atom. The van der Waals surface area contributed by atoms with Crippen LogP contribution in [0, 0.1) is 0 Å². The standard InChI is InChI=1S/C5H5N5O.Fe/c6-5-9-3-2(4(11)10-5)7-1-8-3;/h1H,(H4,6,7,8,9,10,11);. The predicted octanol–water partition coefficient (Wildman–Crippen LogP) is -0.774. The molecule has 0 saturated heterocycles. The Morgan fingerprint density at radius 2 is 2.25 bits per heavy atom. The van der Waals surface area contributed by atoms with Gasteiger partial charge in [0.25, 0.3) is 5.56 Å². The van der Waals surface area contributed by atoms with Gasteiger partial charge in [-0.1, -0.05) is 0 Å². The molecule has 0 aliphatic heterocycles. The Bertz CT molecular complexity index is 446. The topological polar surface area (TPSA) is 100 Å². The van der Waals surface area contributed by atoms with Crippen LogP contribution in [0.1, 0.15) is 0 Å². The van der Waals surface area contributed by atoms with Crippen LogP contribution in [0.25, 0.3) is 11.2 Å². The van der Waals surface area contributed by atoms with Crippen LogP contribution in [0.4, 0.5) is 5.95 Å². The van der Waals surface area contributed by atoms with Crippen molar-refractivity contribution in [3.63, 3.8) is 0 Å². The van der Waals surface area contributed by atoms with Crippen molar-refractivity contribution < 1.29 is 17.1 Å². The van der Waals surface area contributed by atoms with Crippen molar-refractivity contribution in [3.8, 4) is 0 Å². The monoisotopic (exact) mass is 207 g/mol. The summed E-state index contributed by atoms with van der Waals surface area (Å²) in [6.07, 6.45) is 1.40. The summed E-state index contributed by atoms with van der Waals surface area (Å²) in [6.45, 7) is 0. The molecule has 0 radical (unpaired) electrons. The molecule has 0 fully saturated rings. The van der Waals surface area contributed by atoms with Gasteiger partial charge in [-0.2, -0.15) is 4.98 Å². The first-order chi connectivity index (χ1) is 5.27. The van der Waals surface area contributed by atoms with Crippen molar-refractivity contribution in [3.05, 3.63) is 16.7 Å². The molecule has 0 unspecified atom stereocenters. The van der Waals surface area contributed by atoms with Crippen molar-refractivity contribution in [1.29, 1.82) is 0 Å². The van der Waals surface area contributed by atoms with Crippen LogP contribution in [0.15, 0.2) is 11.1 Å². The fraction of sp³-hybridized carbons (Fsp3) is 0. The second-order valence-corrected chi connectivity index (χ2v) is 2.05. The van der Waals surface area contributed by atoms with E-state index < -0.39 is 0 Å². The minimum absolute atomic E-state index is 0. The number of hydrogen-bond donors (Lipinski definition) is 3. The number of hydrogen-bond acceptors (Lipinski definition) is 4. The van der Waals surface area contributed by atoms with Crippen LogP contribution in [-0.4, -0.2) is 19.9 Å². The number of anilines is 1. The zero-order valence-corrected chi connectivity index (χ0v) is 6.92. The minimum atomic E-state index is -0.301. The van der Waals surface area contributed by atoms with E-state index in [0.717, 1.165) is 0 Å². The van der Waals surface area contributed by atoms with Crippen LogP contribution in [0.5, 0.6) is 0 Å². The normalized spacial score (nSPS) is 9.67. The van der Waals surface area contributed by atoms with Crippen molar-refractivity contribution in [2.24, 2.45) is 0 Å². The molecule has 12 heavy (non-hydrogen) atoms. The van der Waals surface area contributed by atoms with Gasteiger partial charge in [-0.25, -0.2) is 4.98 Å². The summed E-state index contributed by atoms with van der Waals surface area (Å²) in [5.41, 5.74) is 5.65. The minimum Gasteiger partial charge on any atom is -0.369 e. The molecular weight excluding hydrogens is 202 g/mol. The van der Waals surface area contributed by atoms with Gasteiger partial charge in [0.1, 0.15) is 0 Å². The largest absolute Gasteiger partial charge is 0.369 e. The van der Waals surface area contributed by atoms with Gasteiger partial charge in [0.2, 0.25) is 5.95 Å². The number of aromatic amines is 2. The molecule has 64 valence electrons. The number of nitrogen functional groups attached to an aromatic ring is 1. The maximum atomic E-state index is 11.0. The third kappa shape index (κ3) is 1.19. The van der Waals surface area contributed by atoms with E-state index in [2.05, 4.69) is 19.9 Å². The molecule has 0 atom stereocenters. The number of imidazole rings is 1. The average molecular weight is 207 g/mol. The number of nitrogens with one attached hydrogen (secondary N) is 2. The summed E-state index contributed by atoms with van der Waals surface area (Å²) in [5.74, 6) is 0.0783. The summed E-state index contributed by atoms with van der Waals surface area (Å²) in [4.78, 5) is 23.5. The SMILES string of the molecule is Nc1nc2nc[nH]c2c(=O)[nH]1.[Fe]. The van der Waals surface area contributed by atoms with Crippen LogP contribution < -0.4 is 11.3 Å². The molecule has 6 nitrogen and oxygen atoms in total. The van der Waals surface area contributed by atoms with E-state index in [1.807, 2.05) is 0 Å². The summed E-state index contributed by atoms with van der Waals surface area (Å²) < 4.78 is 0. The van der Waals surface area contributed by atoms with Crippen molar-refractivity contribution in [2.75, 3.05) is 5.73 Å². The predicted molar refractivity (Wildman–Crippen MR) is 38.9 cm³/mol. The third-order valence-electron chi connectivity index (χ3n) is 1.31. The van der Waals surface area contributed by atoms with E-state index in [9.17, 15) is 4.79 Å². The van der Waals surface area contributed by atoms with Gasteiger partial charge < -0.3 is 10.7 Å². The molecule has 2 rings (SSSR count). The van der Waals surface area contributed by atoms with Crippen LogP contribution in [-0.2, 0) is 17.1 Å². The number of nitrogens with two attached hydrogens (primary N) is 1. The summed E-state index contributed by atoms with van der Waals surface area (Å²) in [5, 5.41) is 0. The van der Waals surface area contributed by atoms with E-state index >= 15 is 0 Å². The number of aromatic nitrogens is 4. The zero-order valence-electron chi connectivity index (χ0n) is 5.81. The van der Waals surface area contributed by atoms with Gasteiger partial charge >= 0.3 is 0 Å². The van der Waals surface area contributed by atoms with Gasteiger partial charge in [0.15, 0.2) is 11.2 Å². The van der Waals surface area contributed by atoms with Gasteiger partial charge in [0, 0.05) is 17.1 Å². The first-order valence-electron chi connectivity index (χ1n) is 2.96. The maximum Gasteiger partial charge on any atom is 0.278 e. The molecule has 2 aromatic heterocycles. The fourth-order valence-electron chi connectivity index (χ4n) is 0.860. The van der Waals surface area contributed by atoms with E-state index in [1.54, 1.807) is 0 Å². The molecule has 0 aliphatic carbocycles. The Kier molecular flexibility index (Phi) is 2.16. The molecule has 2 heterocycles. The zero-order chi connectivity index (χ0) is 7.84. The Morgan fingerprint density at radius 3 is 3.00 bits per heavy atom. The molecule has 0 aromatic carbocycles. The van der Waals surface area contributed by atoms with Crippen LogP contribution in [0.2, 0.25) is 0 Å². The molecular formula is C5H5FeN5O. The van der Waals surface area contributed by atoms with E-state index in [0.29, 0.717) is 11.2 Å². The molecule has 0 amide bonds. The maximum absolute atomic E-state index is 11.0. The quantitative estimate of drug-likeness (QED) is 0.493. The number of rotatable bonds is 0. The fourth-order valence-corrected chi connectivity index (χ4v) is 0.860. The Hall–Kier alpha value is -1.33. The molecule has 0 bridgehead atoms. The van der Waals surface area contributed by atoms with Gasteiger partial charge in [0.05, 0.1) is 6.33 Å². The first kappa shape index (κ1) is 8.76. The average Bonchev–Trinajstić information content (AvgIpc) is 2.34. The summed E-state index contributed by atoms with van der Waals surface area (Å²) >= 11 is 0. The van der Waals surface area contributed by atoms with Crippen LogP contribution in [0.3, 0.4) is 0 Å². The first-order valence-corrected chi connectivity index (χ1v) is 2.96. The van der Waals surface area contributed by atoms with E-state index in [1.165, 1.54) is 6.33 Å². The van der Waals surface area contributed by atoms with Crippen molar-refractivity contribution in [1.82, 2.24) is 19.9 Å². The van der Waals surface area contributed by atoms with Gasteiger partial charge in [-0.05, 0) is 0 Å².